The minimum atomic E-state index is -0.933. The van der Waals surface area contributed by atoms with Gasteiger partial charge < -0.3 is 14.4 Å². The molecule has 2 atom stereocenters. The molecule has 1 saturated carbocycles. The Balaban J connectivity index is 1.85. The average Bonchev–Trinajstić information content (AvgIpc) is 2.96. The molecule has 24 heavy (non-hydrogen) atoms. The van der Waals surface area contributed by atoms with Gasteiger partial charge in [-0.15, -0.1) is 0 Å². The van der Waals surface area contributed by atoms with Gasteiger partial charge in [-0.25, -0.2) is 8.78 Å². The molecule has 4 nitrogen and oxygen atoms in total. The fourth-order valence-corrected chi connectivity index (χ4v) is 4.33. The minimum Gasteiger partial charge on any atom is -0.491 e. The molecule has 0 aromatic heterocycles. The van der Waals surface area contributed by atoms with Crippen molar-refractivity contribution in [3.05, 3.63) is 29.3 Å². The second-order valence-corrected chi connectivity index (χ2v) is 6.75. The van der Waals surface area contributed by atoms with Crippen LogP contribution in [0.2, 0.25) is 0 Å². The number of ether oxygens (including phenoxy) is 2. The van der Waals surface area contributed by atoms with Gasteiger partial charge in [-0.05, 0) is 37.8 Å². The van der Waals surface area contributed by atoms with Crippen LogP contribution in [0, 0.1) is 17.0 Å². The van der Waals surface area contributed by atoms with Gasteiger partial charge in [-0.1, -0.05) is 6.42 Å². The summed E-state index contributed by atoms with van der Waals surface area (Å²) in [5.41, 5.74) is -0.180. The van der Waals surface area contributed by atoms with Crippen molar-refractivity contribution in [1.29, 1.82) is 0 Å². The lowest BCUT2D eigenvalue weighted by Gasteiger charge is -2.43. The van der Waals surface area contributed by atoms with E-state index in [2.05, 4.69) is 0 Å². The van der Waals surface area contributed by atoms with Crippen LogP contribution in [0.25, 0.3) is 0 Å². The van der Waals surface area contributed by atoms with E-state index in [-0.39, 0.29) is 17.1 Å². The number of benzene rings is 1. The largest absolute Gasteiger partial charge is 0.491 e. The maximum atomic E-state index is 14.4. The van der Waals surface area contributed by atoms with Gasteiger partial charge >= 0.3 is 0 Å². The monoisotopic (exact) mass is 339 g/mol. The first-order valence-corrected chi connectivity index (χ1v) is 8.36. The van der Waals surface area contributed by atoms with Gasteiger partial charge in [0.25, 0.3) is 5.91 Å². The summed E-state index contributed by atoms with van der Waals surface area (Å²) in [6.45, 7) is 1.14. The van der Waals surface area contributed by atoms with E-state index in [4.69, 9.17) is 9.47 Å². The lowest BCUT2D eigenvalue weighted by Crippen LogP contribution is -2.50. The van der Waals surface area contributed by atoms with E-state index in [0.29, 0.717) is 13.1 Å². The zero-order valence-corrected chi connectivity index (χ0v) is 14.1. The molecule has 1 aliphatic heterocycles. The van der Waals surface area contributed by atoms with Gasteiger partial charge in [0, 0.05) is 25.6 Å². The number of carbonyl (C=O) groups is 1. The van der Waals surface area contributed by atoms with Gasteiger partial charge in [-0.2, -0.15) is 0 Å². The smallest absolute Gasteiger partial charge is 0.256 e. The SMILES string of the molecule is COc1c(F)ccc(C(=O)N2CCC[C@]3(CCC[C@H]3OC)C2)c1F. The van der Waals surface area contributed by atoms with Crippen LogP contribution < -0.4 is 4.74 Å². The first-order chi connectivity index (χ1) is 11.5. The molecule has 1 spiro atoms. The first kappa shape index (κ1) is 17.1. The number of hydrogen-bond acceptors (Lipinski definition) is 3. The van der Waals surface area contributed by atoms with Crippen molar-refractivity contribution < 1.29 is 23.0 Å². The number of halogens is 2. The molecule has 0 radical (unpaired) electrons. The molecule has 1 aromatic carbocycles. The maximum Gasteiger partial charge on any atom is 0.256 e. The van der Waals surface area contributed by atoms with Crippen LogP contribution >= 0.6 is 0 Å². The number of methoxy groups -OCH3 is 2. The molecule has 6 heteroatoms. The third-order valence-electron chi connectivity index (χ3n) is 5.49. The van der Waals surface area contributed by atoms with Crippen LogP contribution in [0.5, 0.6) is 5.75 Å². The fourth-order valence-electron chi connectivity index (χ4n) is 4.33. The third-order valence-corrected chi connectivity index (χ3v) is 5.49. The molecule has 1 aromatic rings. The lowest BCUT2D eigenvalue weighted by atomic mass is 9.76. The molecule has 1 aliphatic carbocycles. The highest BCUT2D eigenvalue weighted by atomic mass is 19.1. The Bertz CT molecular complexity index is 637. The zero-order valence-electron chi connectivity index (χ0n) is 14.1. The van der Waals surface area contributed by atoms with Crippen molar-refractivity contribution >= 4 is 5.91 Å². The Hall–Kier alpha value is -1.69. The molecule has 2 aliphatic rings. The number of amides is 1. The van der Waals surface area contributed by atoms with E-state index >= 15 is 0 Å². The minimum absolute atomic E-state index is 0.0384. The third kappa shape index (κ3) is 2.77. The summed E-state index contributed by atoms with van der Waals surface area (Å²) in [5.74, 6) is -2.66. The van der Waals surface area contributed by atoms with Crippen LogP contribution in [0.15, 0.2) is 12.1 Å². The highest BCUT2D eigenvalue weighted by molar-refractivity contribution is 5.95. The van der Waals surface area contributed by atoms with Crippen LogP contribution in [0.1, 0.15) is 42.5 Å². The normalized spacial score (nSPS) is 26.8. The Morgan fingerprint density at radius 2 is 2.00 bits per heavy atom. The molecular formula is C18H23F2NO3. The van der Waals surface area contributed by atoms with Crippen molar-refractivity contribution in [3.63, 3.8) is 0 Å². The number of hydrogen-bond donors (Lipinski definition) is 0. The van der Waals surface area contributed by atoms with Crippen molar-refractivity contribution in [2.24, 2.45) is 5.41 Å². The molecule has 0 N–H and O–H groups in total. The van der Waals surface area contributed by atoms with E-state index in [1.165, 1.54) is 13.2 Å². The first-order valence-electron chi connectivity index (χ1n) is 8.36. The highest BCUT2D eigenvalue weighted by Crippen LogP contribution is 2.46. The van der Waals surface area contributed by atoms with Crippen molar-refractivity contribution in [2.75, 3.05) is 27.3 Å². The summed E-state index contributed by atoms with van der Waals surface area (Å²) >= 11 is 0. The van der Waals surface area contributed by atoms with Crippen LogP contribution in [-0.2, 0) is 4.74 Å². The predicted octanol–water partition coefficient (Wildman–Crippen LogP) is 3.39. The standard InChI is InChI=1S/C18H23F2NO3/c1-23-14-5-3-8-18(14)9-4-10-21(11-18)17(22)12-6-7-13(19)16(24-2)15(12)20/h6-7,14H,3-5,8-11H2,1-2H3/t14-,18-/m1/s1. The van der Waals surface area contributed by atoms with E-state index in [1.54, 1.807) is 12.0 Å². The predicted molar refractivity (Wildman–Crippen MR) is 85.1 cm³/mol. The second-order valence-electron chi connectivity index (χ2n) is 6.75. The van der Waals surface area contributed by atoms with Gasteiger partial charge in [0.15, 0.2) is 17.4 Å². The average molecular weight is 339 g/mol. The van der Waals surface area contributed by atoms with E-state index in [1.807, 2.05) is 0 Å². The Morgan fingerprint density at radius 3 is 2.71 bits per heavy atom. The number of piperidine rings is 1. The Labute approximate surface area is 140 Å². The zero-order chi connectivity index (χ0) is 17.3. The van der Waals surface area contributed by atoms with Crippen LogP contribution in [0.4, 0.5) is 8.78 Å². The number of carbonyl (C=O) groups excluding carboxylic acids is 1. The van der Waals surface area contributed by atoms with Crippen molar-refractivity contribution in [3.8, 4) is 5.75 Å². The van der Waals surface area contributed by atoms with Crippen molar-refractivity contribution in [1.82, 2.24) is 4.90 Å². The van der Waals surface area contributed by atoms with E-state index < -0.39 is 23.3 Å². The van der Waals surface area contributed by atoms with Crippen LogP contribution in [0.3, 0.4) is 0 Å². The number of nitrogens with zero attached hydrogens (tertiary/aromatic N) is 1. The Kier molecular flexibility index (Phi) is 4.76. The summed E-state index contributed by atoms with van der Waals surface area (Å²) in [4.78, 5) is 14.5. The molecule has 0 bridgehead atoms. The van der Waals surface area contributed by atoms with E-state index in [0.717, 1.165) is 38.2 Å². The Morgan fingerprint density at radius 1 is 1.25 bits per heavy atom. The van der Waals surface area contributed by atoms with Gasteiger partial charge in [-0.3, -0.25) is 4.79 Å². The molecule has 3 rings (SSSR count). The van der Waals surface area contributed by atoms with Gasteiger partial charge in [0.05, 0.1) is 18.8 Å². The second kappa shape index (κ2) is 6.67. The summed E-state index contributed by atoms with van der Waals surface area (Å²) in [5, 5.41) is 0. The van der Waals surface area contributed by atoms with Crippen molar-refractivity contribution in [2.45, 2.75) is 38.2 Å². The fraction of sp³-hybridized carbons (Fsp3) is 0.611. The molecule has 132 valence electrons. The molecule has 2 fully saturated rings. The maximum absolute atomic E-state index is 14.4. The molecule has 1 heterocycles. The topological polar surface area (TPSA) is 38.8 Å². The number of likely N-dealkylation sites (tertiary alicyclic amines) is 1. The molecule has 1 saturated heterocycles. The quantitative estimate of drug-likeness (QED) is 0.847. The molecule has 1 amide bonds. The van der Waals surface area contributed by atoms with Gasteiger partial charge in [0.2, 0.25) is 0 Å². The van der Waals surface area contributed by atoms with Gasteiger partial charge in [0.1, 0.15) is 0 Å². The lowest BCUT2D eigenvalue weighted by molar-refractivity contribution is -0.0296. The number of rotatable bonds is 3. The molecule has 0 unspecified atom stereocenters. The summed E-state index contributed by atoms with van der Waals surface area (Å²) in [6, 6.07) is 2.27. The molecular weight excluding hydrogens is 316 g/mol. The summed E-state index contributed by atoms with van der Waals surface area (Å²) in [7, 11) is 2.90. The summed E-state index contributed by atoms with van der Waals surface area (Å²) < 4.78 is 38.4. The highest BCUT2D eigenvalue weighted by Gasteiger charge is 2.47. The van der Waals surface area contributed by atoms with Crippen LogP contribution in [-0.4, -0.2) is 44.2 Å². The summed E-state index contributed by atoms with van der Waals surface area (Å²) in [6.07, 6.45) is 5.12. The van der Waals surface area contributed by atoms with E-state index in [9.17, 15) is 13.6 Å².